The summed E-state index contributed by atoms with van der Waals surface area (Å²) in [6.45, 7) is 1.50. The van der Waals surface area contributed by atoms with Gasteiger partial charge in [0.25, 0.3) is 0 Å². The molecule has 0 rings (SSSR count). The maximum absolute atomic E-state index is 12.2. The molecule has 4 nitrogen and oxygen atoms in total. The van der Waals surface area contributed by atoms with Crippen LogP contribution in [0.15, 0.2) is 0 Å². The van der Waals surface area contributed by atoms with Crippen molar-refractivity contribution in [1.82, 2.24) is 5.32 Å². The summed E-state index contributed by atoms with van der Waals surface area (Å²) in [5.41, 5.74) is 0. The Morgan fingerprint density at radius 3 is 1.63 bits per heavy atom. The van der Waals surface area contributed by atoms with Crippen molar-refractivity contribution in [2.75, 3.05) is 6.61 Å². The molecule has 2 atom stereocenters. The number of halogens is 3. The number of unbranched alkanes of at least 4 members (excludes halogenated alkanes) is 12. The number of rotatable bonds is 17. The number of aliphatic hydroxyl groups is 2. The van der Waals surface area contributed by atoms with Crippen LogP contribution in [-0.2, 0) is 4.79 Å². The molecular weight excluding hydrogens is 359 g/mol. The van der Waals surface area contributed by atoms with Crippen LogP contribution in [0.4, 0.5) is 13.2 Å². The van der Waals surface area contributed by atoms with Gasteiger partial charge < -0.3 is 15.5 Å². The topological polar surface area (TPSA) is 69.6 Å². The van der Waals surface area contributed by atoms with Crippen LogP contribution >= 0.6 is 0 Å². The Balaban J connectivity index is 3.59. The average Bonchev–Trinajstić information content (AvgIpc) is 2.62. The van der Waals surface area contributed by atoms with Crippen LogP contribution in [0.25, 0.3) is 0 Å². The molecule has 0 aliphatic heterocycles. The molecule has 0 fully saturated rings. The second-order valence-electron chi connectivity index (χ2n) is 7.36. The van der Waals surface area contributed by atoms with E-state index in [4.69, 9.17) is 5.11 Å². The lowest BCUT2D eigenvalue weighted by Gasteiger charge is -2.22. The van der Waals surface area contributed by atoms with Crippen molar-refractivity contribution in [3.63, 3.8) is 0 Å². The molecule has 0 spiro atoms. The van der Waals surface area contributed by atoms with Crippen LogP contribution in [0.1, 0.15) is 96.8 Å². The number of nitrogens with one attached hydrogen (secondary N) is 1. The van der Waals surface area contributed by atoms with E-state index in [-0.39, 0.29) is 6.42 Å². The van der Waals surface area contributed by atoms with Gasteiger partial charge in [0, 0.05) is 0 Å². The molecule has 3 N–H and O–H groups in total. The van der Waals surface area contributed by atoms with Gasteiger partial charge in [-0.1, -0.05) is 90.4 Å². The minimum absolute atomic E-state index is 0.265. The largest absolute Gasteiger partial charge is 0.471 e. The third-order valence-corrected chi connectivity index (χ3v) is 4.84. The predicted molar refractivity (Wildman–Crippen MR) is 101 cm³/mol. The molecule has 0 saturated heterocycles. The first-order valence-electron chi connectivity index (χ1n) is 10.5. The van der Waals surface area contributed by atoms with Gasteiger partial charge in [-0.25, -0.2) is 0 Å². The molecule has 0 heterocycles. The van der Waals surface area contributed by atoms with Crippen molar-refractivity contribution < 1.29 is 28.2 Å². The molecule has 162 valence electrons. The van der Waals surface area contributed by atoms with Crippen LogP contribution < -0.4 is 5.32 Å². The summed E-state index contributed by atoms with van der Waals surface area (Å²) < 4.78 is 36.6. The van der Waals surface area contributed by atoms with E-state index >= 15 is 0 Å². The van der Waals surface area contributed by atoms with E-state index in [1.165, 1.54) is 57.8 Å². The van der Waals surface area contributed by atoms with Gasteiger partial charge in [-0.15, -0.1) is 0 Å². The first-order chi connectivity index (χ1) is 12.8. The Bertz CT molecular complexity index is 365. The van der Waals surface area contributed by atoms with Crippen molar-refractivity contribution >= 4 is 5.91 Å². The molecule has 7 heteroatoms. The van der Waals surface area contributed by atoms with Crippen LogP contribution in [0.2, 0.25) is 0 Å². The van der Waals surface area contributed by atoms with Crippen molar-refractivity contribution in [2.24, 2.45) is 0 Å². The Morgan fingerprint density at radius 1 is 0.852 bits per heavy atom. The zero-order valence-corrected chi connectivity index (χ0v) is 16.7. The van der Waals surface area contributed by atoms with Gasteiger partial charge in [0.15, 0.2) is 0 Å². The Kier molecular flexibility index (Phi) is 15.7. The van der Waals surface area contributed by atoms with Crippen LogP contribution in [-0.4, -0.2) is 41.0 Å². The number of amides is 1. The van der Waals surface area contributed by atoms with E-state index in [1.807, 2.05) is 0 Å². The van der Waals surface area contributed by atoms with Gasteiger partial charge in [0.2, 0.25) is 0 Å². The van der Waals surface area contributed by atoms with E-state index in [1.54, 1.807) is 5.32 Å². The number of carbonyl (C=O) groups excluding carboxylic acids is 1. The zero-order valence-electron chi connectivity index (χ0n) is 16.7. The highest BCUT2D eigenvalue weighted by Crippen LogP contribution is 2.16. The third kappa shape index (κ3) is 14.9. The monoisotopic (exact) mass is 397 g/mol. The van der Waals surface area contributed by atoms with Gasteiger partial charge in [-0.3, -0.25) is 4.79 Å². The fraction of sp³-hybridized carbons (Fsp3) is 0.950. The molecule has 1 amide bonds. The van der Waals surface area contributed by atoms with Crippen molar-refractivity contribution in [2.45, 2.75) is 115 Å². The highest BCUT2D eigenvalue weighted by molar-refractivity contribution is 5.82. The SMILES string of the molecule is CCCCCCCCCCCCCCCC(O)C(CO)NC(=O)C(F)(F)F. The minimum Gasteiger partial charge on any atom is -0.394 e. The zero-order chi connectivity index (χ0) is 20.5. The maximum atomic E-state index is 12.2. The van der Waals surface area contributed by atoms with Crippen LogP contribution in [0.3, 0.4) is 0 Å². The fourth-order valence-corrected chi connectivity index (χ4v) is 3.09. The second kappa shape index (κ2) is 16.2. The van der Waals surface area contributed by atoms with E-state index in [9.17, 15) is 23.1 Å². The molecule has 27 heavy (non-hydrogen) atoms. The number of alkyl halides is 3. The normalized spacial score (nSPS) is 14.1. The summed E-state index contributed by atoms with van der Waals surface area (Å²) in [7, 11) is 0. The number of carbonyl (C=O) groups is 1. The third-order valence-electron chi connectivity index (χ3n) is 4.84. The van der Waals surface area contributed by atoms with E-state index in [2.05, 4.69) is 6.92 Å². The van der Waals surface area contributed by atoms with Crippen LogP contribution in [0, 0.1) is 0 Å². The molecule has 0 aliphatic carbocycles. The second-order valence-corrected chi connectivity index (χ2v) is 7.36. The summed E-state index contributed by atoms with van der Waals surface area (Å²) in [6, 6.07) is -1.28. The Hall–Kier alpha value is -0.820. The molecule has 0 aliphatic rings. The maximum Gasteiger partial charge on any atom is 0.471 e. The highest BCUT2D eigenvalue weighted by atomic mass is 19.4. The molecule has 0 bridgehead atoms. The first-order valence-corrected chi connectivity index (χ1v) is 10.5. The van der Waals surface area contributed by atoms with Gasteiger partial charge in [0.05, 0.1) is 18.8 Å². The molecule has 0 radical (unpaired) electrons. The Morgan fingerprint density at radius 2 is 1.26 bits per heavy atom. The summed E-state index contributed by atoms with van der Waals surface area (Å²) in [4.78, 5) is 10.9. The van der Waals surface area contributed by atoms with Crippen molar-refractivity contribution in [3.8, 4) is 0 Å². The lowest BCUT2D eigenvalue weighted by molar-refractivity contribution is -0.175. The van der Waals surface area contributed by atoms with Crippen LogP contribution in [0.5, 0.6) is 0 Å². The van der Waals surface area contributed by atoms with E-state index < -0.39 is 30.8 Å². The Labute approximate surface area is 161 Å². The highest BCUT2D eigenvalue weighted by Gasteiger charge is 2.40. The fourth-order valence-electron chi connectivity index (χ4n) is 3.09. The summed E-state index contributed by atoms with van der Waals surface area (Å²) in [6.07, 6.45) is 9.44. The number of hydrogen-bond donors (Lipinski definition) is 3. The van der Waals surface area contributed by atoms with E-state index in [0.717, 1.165) is 19.3 Å². The predicted octanol–water partition coefficient (Wildman–Crippen LogP) is 4.87. The quantitative estimate of drug-likeness (QED) is 0.307. The standard InChI is InChI=1S/C20H38F3NO3/c1-2-3-4-5-6-7-8-9-10-11-12-13-14-15-18(26)17(16-25)24-19(27)20(21,22)23/h17-18,25-26H,2-16H2,1H3,(H,24,27). The van der Waals surface area contributed by atoms with E-state index in [0.29, 0.717) is 6.42 Å². The molecule has 0 saturated carbocycles. The van der Waals surface area contributed by atoms with Crippen molar-refractivity contribution in [3.05, 3.63) is 0 Å². The lowest BCUT2D eigenvalue weighted by atomic mass is 10.0. The van der Waals surface area contributed by atoms with Gasteiger partial charge in [0.1, 0.15) is 0 Å². The summed E-state index contributed by atoms with van der Waals surface area (Å²) >= 11 is 0. The minimum atomic E-state index is -5.01. The molecule has 2 unspecified atom stereocenters. The van der Waals surface area contributed by atoms with Crippen molar-refractivity contribution in [1.29, 1.82) is 0 Å². The molecule has 0 aromatic heterocycles. The molecule has 0 aromatic rings. The molecular formula is C20H38F3NO3. The summed E-state index contributed by atoms with van der Waals surface area (Å²) in [5.74, 6) is -2.13. The van der Waals surface area contributed by atoms with Gasteiger partial charge >= 0.3 is 12.1 Å². The number of hydrogen-bond acceptors (Lipinski definition) is 3. The molecule has 0 aromatic carbocycles. The lowest BCUT2D eigenvalue weighted by Crippen LogP contribution is -2.50. The number of aliphatic hydroxyl groups excluding tert-OH is 2. The summed E-state index contributed by atoms with van der Waals surface area (Å²) in [5, 5.41) is 20.6. The first kappa shape index (κ1) is 26.2. The average molecular weight is 398 g/mol. The van der Waals surface area contributed by atoms with Gasteiger partial charge in [-0.05, 0) is 6.42 Å². The van der Waals surface area contributed by atoms with Gasteiger partial charge in [-0.2, -0.15) is 13.2 Å². The smallest absolute Gasteiger partial charge is 0.394 e.